The number of methoxy groups -OCH3 is 1. The summed E-state index contributed by atoms with van der Waals surface area (Å²) in [5, 5.41) is 2.64. The first-order valence-electron chi connectivity index (χ1n) is 5.48. The molecule has 94 valence electrons. The SMILES string of the molecule is CCCC(C)(NC(=O)c1ccco1)C(=O)OC. The second-order valence-corrected chi connectivity index (χ2v) is 4.01. The molecule has 0 aliphatic rings. The van der Waals surface area contributed by atoms with Crippen LogP contribution in [-0.4, -0.2) is 24.5 Å². The minimum Gasteiger partial charge on any atom is -0.467 e. The molecular formula is C12H17NO4. The predicted molar refractivity (Wildman–Crippen MR) is 61.5 cm³/mol. The Hall–Kier alpha value is -1.78. The van der Waals surface area contributed by atoms with Gasteiger partial charge in [-0.2, -0.15) is 0 Å². The van der Waals surface area contributed by atoms with E-state index in [1.54, 1.807) is 19.1 Å². The van der Waals surface area contributed by atoms with Gasteiger partial charge in [-0.3, -0.25) is 4.79 Å². The van der Waals surface area contributed by atoms with Crippen molar-refractivity contribution in [1.82, 2.24) is 5.32 Å². The molecule has 0 saturated carbocycles. The summed E-state index contributed by atoms with van der Waals surface area (Å²) in [7, 11) is 1.30. The first-order valence-corrected chi connectivity index (χ1v) is 5.48. The Bertz CT molecular complexity index is 385. The van der Waals surface area contributed by atoms with E-state index < -0.39 is 17.4 Å². The third-order valence-electron chi connectivity index (χ3n) is 2.52. The number of esters is 1. The number of ether oxygens (including phenoxy) is 1. The van der Waals surface area contributed by atoms with E-state index >= 15 is 0 Å². The average molecular weight is 239 g/mol. The van der Waals surface area contributed by atoms with Crippen LogP contribution in [-0.2, 0) is 9.53 Å². The van der Waals surface area contributed by atoms with Gasteiger partial charge in [-0.15, -0.1) is 0 Å². The fraction of sp³-hybridized carbons (Fsp3) is 0.500. The van der Waals surface area contributed by atoms with Crippen molar-refractivity contribution in [3.8, 4) is 0 Å². The van der Waals surface area contributed by atoms with Crippen LogP contribution in [0.25, 0.3) is 0 Å². The lowest BCUT2D eigenvalue weighted by atomic mass is 9.96. The Morgan fingerprint density at radius 1 is 1.53 bits per heavy atom. The van der Waals surface area contributed by atoms with Gasteiger partial charge in [0.05, 0.1) is 13.4 Å². The average Bonchev–Trinajstić information content (AvgIpc) is 2.81. The van der Waals surface area contributed by atoms with E-state index in [-0.39, 0.29) is 5.76 Å². The molecule has 0 spiro atoms. The van der Waals surface area contributed by atoms with Gasteiger partial charge in [-0.05, 0) is 25.5 Å². The van der Waals surface area contributed by atoms with Gasteiger partial charge in [0.25, 0.3) is 5.91 Å². The lowest BCUT2D eigenvalue weighted by Gasteiger charge is -2.26. The highest BCUT2D eigenvalue weighted by atomic mass is 16.5. The number of nitrogens with one attached hydrogen (secondary N) is 1. The van der Waals surface area contributed by atoms with E-state index in [0.717, 1.165) is 6.42 Å². The first kappa shape index (κ1) is 13.3. The summed E-state index contributed by atoms with van der Waals surface area (Å²) in [5.41, 5.74) is -1.02. The molecule has 0 fully saturated rings. The minimum atomic E-state index is -1.02. The maximum atomic E-state index is 11.8. The third kappa shape index (κ3) is 3.09. The number of hydrogen-bond donors (Lipinski definition) is 1. The van der Waals surface area contributed by atoms with Gasteiger partial charge < -0.3 is 14.5 Å². The molecule has 1 N–H and O–H groups in total. The molecule has 1 heterocycles. The maximum absolute atomic E-state index is 11.8. The second kappa shape index (κ2) is 5.52. The Balaban J connectivity index is 2.80. The molecule has 1 amide bonds. The van der Waals surface area contributed by atoms with Crippen molar-refractivity contribution < 1.29 is 18.7 Å². The quantitative estimate of drug-likeness (QED) is 0.795. The molecule has 1 unspecified atom stereocenters. The van der Waals surface area contributed by atoms with Crippen LogP contribution in [0, 0.1) is 0 Å². The zero-order valence-corrected chi connectivity index (χ0v) is 10.3. The number of amides is 1. The van der Waals surface area contributed by atoms with Crippen molar-refractivity contribution in [2.45, 2.75) is 32.2 Å². The highest BCUT2D eigenvalue weighted by Gasteiger charge is 2.35. The van der Waals surface area contributed by atoms with Crippen LogP contribution in [0.15, 0.2) is 22.8 Å². The molecule has 0 aromatic carbocycles. The van der Waals surface area contributed by atoms with E-state index in [4.69, 9.17) is 9.15 Å². The number of rotatable bonds is 5. The van der Waals surface area contributed by atoms with Crippen LogP contribution in [0.3, 0.4) is 0 Å². The molecule has 0 bridgehead atoms. The van der Waals surface area contributed by atoms with E-state index in [1.165, 1.54) is 13.4 Å². The van der Waals surface area contributed by atoms with Crippen molar-refractivity contribution in [3.63, 3.8) is 0 Å². The molecule has 0 aliphatic heterocycles. The molecule has 1 atom stereocenters. The topological polar surface area (TPSA) is 68.5 Å². The summed E-state index contributed by atoms with van der Waals surface area (Å²) < 4.78 is 9.67. The Kier molecular flexibility index (Phi) is 4.31. The van der Waals surface area contributed by atoms with Crippen LogP contribution in [0.2, 0.25) is 0 Å². The van der Waals surface area contributed by atoms with Gasteiger partial charge in [0.1, 0.15) is 5.54 Å². The zero-order valence-electron chi connectivity index (χ0n) is 10.3. The summed E-state index contributed by atoms with van der Waals surface area (Å²) >= 11 is 0. The fourth-order valence-corrected chi connectivity index (χ4v) is 1.66. The molecule has 0 saturated heterocycles. The first-order chi connectivity index (χ1) is 8.03. The van der Waals surface area contributed by atoms with E-state index in [9.17, 15) is 9.59 Å². The van der Waals surface area contributed by atoms with E-state index in [2.05, 4.69) is 5.32 Å². The maximum Gasteiger partial charge on any atom is 0.331 e. The van der Waals surface area contributed by atoms with Crippen LogP contribution in [0.1, 0.15) is 37.2 Å². The molecule has 5 nitrogen and oxygen atoms in total. The molecule has 0 radical (unpaired) electrons. The molecule has 1 aromatic heterocycles. The summed E-state index contributed by atoms with van der Waals surface area (Å²) in [6.45, 7) is 3.57. The number of carbonyl (C=O) groups is 2. The summed E-state index contributed by atoms with van der Waals surface area (Å²) in [5.74, 6) is -0.702. The lowest BCUT2D eigenvalue weighted by Crippen LogP contribution is -2.52. The van der Waals surface area contributed by atoms with Crippen molar-refractivity contribution >= 4 is 11.9 Å². The second-order valence-electron chi connectivity index (χ2n) is 4.01. The third-order valence-corrected chi connectivity index (χ3v) is 2.52. The van der Waals surface area contributed by atoms with Gasteiger partial charge in [0.15, 0.2) is 5.76 Å². The van der Waals surface area contributed by atoms with Crippen LogP contribution < -0.4 is 5.32 Å². The number of hydrogen-bond acceptors (Lipinski definition) is 4. The molecule has 17 heavy (non-hydrogen) atoms. The van der Waals surface area contributed by atoms with Crippen molar-refractivity contribution in [3.05, 3.63) is 24.2 Å². The van der Waals surface area contributed by atoms with Crippen molar-refractivity contribution in [2.75, 3.05) is 7.11 Å². The summed E-state index contributed by atoms with van der Waals surface area (Å²) in [4.78, 5) is 23.5. The van der Waals surface area contributed by atoms with E-state index in [0.29, 0.717) is 6.42 Å². The normalized spacial score (nSPS) is 13.8. The Morgan fingerprint density at radius 2 is 2.24 bits per heavy atom. The van der Waals surface area contributed by atoms with Crippen LogP contribution in [0.4, 0.5) is 0 Å². The van der Waals surface area contributed by atoms with Gasteiger partial charge in [-0.1, -0.05) is 13.3 Å². The van der Waals surface area contributed by atoms with Crippen LogP contribution in [0.5, 0.6) is 0 Å². The molecule has 1 rings (SSSR count). The van der Waals surface area contributed by atoms with Gasteiger partial charge >= 0.3 is 5.97 Å². The standard InChI is InChI=1S/C12H17NO4/c1-4-7-12(2,11(15)16-3)13-10(14)9-6-5-8-17-9/h5-6,8H,4,7H2,1-3H3,(H,13,14). The van der Waals surface area contributed by atoms with Crippen molar-refractivity contribution in [2.24, 2.45) is 0 Å². The lowest BCUT2D eigenvalue weighted by molar-refractivity contribution is -0.147. The molecule has 5 heteroatoms. The highest BCUT2D eigenvalue weighted by molar-refractivity contribution is 5.95. The Labute approximate surface area is 100 Å². The van der Waals surface area contributed by atoms with E-state index in [1.807, 2.05) is 6.92 Å². The van der Waals surface area contributed by atoms with Gasteiger partial charge in [0, 0.05) is 0 Å². The molecule has 0 aliphatic carbocycles. The minimum absolute atomic E-state index is 0.177. The Morgan fingerprint density at radius 3 is 2.71 bits per heavy atom. The number of carbonyl (C=O) groups excluding carboxylic acids is 2. The summed E-state index contributed by atoms with van der Waals surface area (Å²) in [6, 6.07) is 3.16. The zero-order chi connectivity index (χ0) is 12.9. The largest absolute Gasteiger partial charge is 0.467 e. The smallest absolute Gasteiger partial charge is 0.331 e. The monoisotopic (exact) mass is 239 g/mol. The predicted octanol–water partition coefficient (Wildman–Crippen LogP) is 1.74. The fourth-order valence-electron chi connectivity index (χ4n) is 1.66. The van der Waals surface area contributed by atoms with Gasteiger partial charge in [-0.25, -0.2) is 4.79 Å². The van der Waals surface area contributed by atoms with Crippen molar-refractivity contribution in [1.29, 1.82) is 0 Å². The number of furan rings is 1. The molecule has 1 aromatic rings. The summed E-state index contributed by atoms with van der Waals surface area (Å²) in [6.07, 6.45) is 2.67. The van der Waals surface area contributed by atoms with Crippen LogP contribution >= 0.6 is 0 Å². The van der Waals surface area contributed by atoms with Gasteiger partial charge in [0.2, 0.25) is 0 Å². The highest BCUT2D eigenvalue weighted by Crippen LogP contribution is 2.15. The molecular weight excluding hydrogens is 222 g/mol.